The van der Waals surface area contributed by atoms with Gasteiger partial charge in [0.25, 0.3) is 0 Å². The molecule has 0 bridgehead atoms. The first-order chi connectivity index (χ1) is 7.93. The lowest BCUT2D eigenvalue weighted by molar-refractivity contribution is 0.00610. The standard InChI is InChI=1S/C10H15BrN2O2/c1-6-7(11)8(12-13(6)5)9(14)15-10(2,3)4/h1-5H3/i5D3. The smallest absolute Gasteiger partial charge is 0.360 e. The van der Waals surface area contributed by atoms with E-state index >= 15 is 0 Å². The lowest BCUT2D eigenvalue weighted by atomic mass is 10.2. The van der Waals surface area contributed by atoms with Crippen LogP contribution >= 0.6 is 15.9 Å². The molecule has 84 valence electrons. The van der Waals surface area contributed by atoms with E-state index in [-0.39, 0.29) is 5.69 Å². The molecule has 0 unspecified atom stereocenters. The fourth-order valence-corrected chi connectivity index (χ4v) is 1.35. The molecule has 1 rings (SSSR count). The third kappa shape index (κ3) is 2.81. The number of hydrogen-bond donors (Lipinski definition) is 0. The normalized spacial score (nSPS) is 15.4. The number of ether oxygens (including phenoxy) is 1. The van der Waals surface area contributed by atoms with E-state index < -0.39 is 18.5 Å². The summed E-state index contributed by atoms with van der Waals surface area (Å²) in [6.45, 7) is 4.33. The van der Waals surface area contributed by atoms with Crippen LogP contribution in [-0.4, -0.2) is 21.4 Å². The Morgan fingerprint density at radius 2 is 2.20 bits per heavy atom. The number of halogens is 1. The second kappa shape index (κ2) is 3.96. The average Bonchev–Trinajstić information content (AvgIpc) is 2.40. The van der Waals surface area contributed by atoms with E-state index in [1.165, 1.54) is 0 Å². The van der Waals surface area contributed by atoms with Gasteiger partial charge in [-0.1, -0.05) is 0 Å². The van der Waals surface area contributed by atoms with E-state index in [4.69, 9.17) is 8.85 Å². The Morgan fingerprint density at radius 3 is 2.60 bits per heavy atom. The highest BCUT2D eigenvalue weighted by Gasteiger charge is 2.23. The number of carbonyl (C=O) groups is 1. The van der Waals surface area contributed by atoms with Gasteiger partial charge in [-0.25, -0.2) is 4.79 Å². The summed E-state index contributed by atoms with van der Waals surface area (Å²) >= 11 is 3.17. The van der Waals surface area contributed by atoms with Crippen molar-refractivity contribution in [1.29, 1.82) is 0 Å². The van der Waals surface area contributed by atoms with Gasteiger partial charge in [-0.3, -0.25) is 4.68 Å². The number of hydrogen-bond acceptors (Lipinski definition) is 3. The van der Waals surface area contributed by atoms with Crippen LogP contribution in [-0.2, 0) is 11.7 Å². The second-order valence-corrected chi connectivity index (χ2v) is 4.95. The van der Waals surface area contributed by atoms with Gasteiger partial charge in [0, 0.05) is 11.1 Å². The van der Waals surface area contributed by atoms with E-state index in [1.807, 2.05) is 0 Å². The molecule has 1 aromatic heterocycles. The Labute approximate surface area is 102 Å². The molecule has 0 spiro atoms. The molecule has 0 fully saturated rings. The monoisotopic (exact) mass is 277 g/mol. The molecule has 5 heteroatoms. The number of aromatic nitrogens is 2. The summed E-state index contributed by atoms with van der Waals surface area (Å²) < 4.78 is 28.2. The first-order valence-electron chi connectivity index (χ1n) is 5.92. The maximum atomic E-state index is 11.9. The van der Waals surface area contributed by atoms with E-state index in [1.54, 1.807) is 27.7 Å². The fraction of sp³-hybridized carbons (Fsp3) is 0.600. The molecule has 4 nitrogen and oxygen atoms in total. The van der Waals surface area contributed by atoms with Crippen LogP contribution < -0.4 is 0 Å². The van der Waals surface area contributed by atoms with Crippen LogP contribution in [0.15, 0.2) is 4.47 Å². The van der Waals surface area contributed by atoms with E-state index in [9.17, 15) is 4.79 Å². The van der Waals surface area contributed by atoms with E-state index in [2.05, 4.69) is 21.0 Å². The molecule has 1 aromatic rings. The number of rotatable bonds is 1. The first kappa shape index (κ1) is 8.33. The van der Waals surface area contributed by atoms with Crippen LogP contribution in [0.4, 0.5) is 0 Å². The van der Waals surface area contributed by atoms with Crippen LogP contribution in [0.2, 0.25) is 0 Å². The molecule has 0 aliphatic rings. The van der Waals surface area contributed by atoms with Crippen molar-refractivity contribution >= 4 is 21.9 Å². The maximum Gasteiger partial charge on any atom is 0.360 e. The predicted octanol–water partition coefficient (Wildman–Crippen LogP) is 2.45. The molecular formula is C10H15BrN2O2. The Balaban J connectivity index is 3.17. The van der Waals surface area contributed by atoms with E-state index in [0.29, 0.717) is 10.2 Å². The molecular weight excluding hydrogens is 260 g/mol. The van der Waals surface area contributed by atoms with Crippen molar-refractivity contribution in [2.75, 3.05) is 0 Å². The lowest BCUT2D eigenvalue weighted by Crippen LogP contribution is -2.24. The summed E-state index contributed by atoms with van der Waals surface area (Å²) in [5.41, 5.74) is -0.330. The van der Waals surface area contributed by atoms with Crippen molar-refractivity contribution in [3.8, 4) is 0 Å². The molecule has 0 saturated heterocycles. The van der Waals surface area contributed by atoms with Gasteiger partial charge in [0.15, 0.2) is 5.69 Å². The SMILES string of the molecule is [2H]C([2H])([2H])n1nc(C(=O)OC(C)(C)C)c(Br)c1C. The van der Waals surface area contributed by atoms with Crippen LogP contribution in [0, 0.1) is 6.92 Å². The zero-order chi connectivity index (χ0) is 14.3. The second-order valence-electron chi connectivity index (χ2n) is 4.16. The van der Waals surface area contributed by atoms with Gasteiger partial charge < -0.3 is 4.74 Å². The Hall–Kier alpha value is -0.840. The van der Waals surface area contributed by atoms with Crippen molar-refractivity contribution in [2.45, 2.75) is 33.3 Å². The highest BCUT2D eigenvalue weighted by molar-refractivity contribution is 9.10. The van der Waals surface area contributed by atoms with Crippen molar-refractivity contribution < 1.29 is 13.6 Å². The van der Waals surface area contributed by atoms with Crippen LogP contribution in [0.25, 0.3) is 0 Å². The van der Waals surface area contributed by atoms with Crippen molar-refractivity contribution in [1.82, 2.24) is 9.78 Å². The topological polar surface area (TPSA) is 44.1 Å². The molecule has 0 aliphatic heterocycles. The molecule has 0 amide bonds. The first-order valence-corrected chi connectivity index (χ1v) is 5.22. The summed E-state index contributed by atoms with van der Waals surface area (Å²) in [7, 11) is 0. The third-order valence-electron chi connectivity index (χ3n) is 1.64. The quantitative estimate of drug-likeness (QED) is 0.741. The van der Waals surface area contributed by atoms with Gasteiger partial charge in [0.1, 0.15) is 5.60 Å². The van der Waals surface area contributed by atoms with Gasteiger partial charge in [-0.05, 0) is 43.6 Å². The molecule has 0 atom stereocenters. The molecule has 0 aromatic carbocycles. The number of esters is 1. The van der Waals surface area contributed by atoms with Gasteiger partial charge in [-0.2, -0.15) is 5.10 Å². The number of carbonyl (C=O) groups excluding carboxylic acids is 1. The zero-order valence-electron chi connectivity index (χ0n) is 12.1. The maximum absolute atomic E-state index is 11.9. The minimum Gasteiger partial charge on any atom is -0.455 e. The average molecular weight is 278 g/mol. The summed E-state index contributed by atoms with van der Waals surface area (Å²) in [6, 6.07) is 0. The van der Waals surface area contributed by atoms with Crippen LogP contribution in [0.5, 0.6) is 0 Å². The highest BCUT2D eigenvalue weighted by Crippen LogP contribution is 2.22. The Morgan fingerprint density at radius 1 is 1.60 bits per heavy atom. The summed E-state index contributed by atoms with van der Waals surface area (Å²) in [6.07, 6.45) is 0. The molecule has 15 heavy (non-hydrogen) atoms. The number of aryl methyl sites for hydroxylation is 1. The van der Waals surface area contributed by atoms with Gasteiger partial charge >= 0.3 is 5.97 Å². The summed E-state index contributed by atoms with van der Waals surface area (Å²) in [5, 5.41) is 3.80. The third-order valence-corrected chi connectivity index (χ3v) is 2.58. The van der Waals surface area contributed by atoms with E-state index in [0.717, 1.165) is 4.68 Å². The fourth-order valence-electron chi connectivity index (χ4n) is 0.940. The van der Waals surface area contributed by atoms with Gasteiger partial charge in [0.05, 0.1) is 10.2 Å². The number of nitrogens with zero attached hydrogens (tertiary/aromatic N) is 2. The molecule has 0 aliphatic carbocycles. The van der Waals surface area contributed by atoms with Gasteiger partial charge in [-0.15, -0.1) is 0 Å². The summed E-state index contributed by atoms with van der Waals surface area (Å²) in [5.74, 6) is -0.652. The molecule has 0 saturated carbocycles. The van der Waals surface area contributed by atoms with Crippen molar-refractivity contribution in [3.63, 3.8) is 0 Å². The highest BCUT2D eigenvalue weighted by atomic mass is 79.9. The minimum absolute atomic E-state index is 0.0291. The van der Waals surface area contributed by atoms with Crippen molar-refractivity contribution in [3.05, 3.63) is 15.9 Å². The Bertz CT molecular complexity index is 475. The zero-order valence-corrected chi connectivity index (χ0v) is 10.7. The molecule has 0 radical (unpaired) electrons. The van der Waals surface area contributed by atoms with Crippen LogP contribution in [0.1, 0.15) is 41.1 Å². The minimum atomic E-state index is -2.42. The van der Waals surface area contributed by atoms with Crippen LogP contribution in [0.3, 0.4) is 0 Å². The lowest BCUT2D eigenvalue weighted by Gasteiger charge is -2.18. The predicted molar refractivity (Wildman–Crippen MR) is 60.8 cm³/mol. The van der Waals surface area contributed by atoms with Gasteiger partial charge in [0.2, 0.25) is 0 Å². The molecule has 1 heterocycles. The molecule has 0 N–H and O–H groups in total. The largest absolute Gasteiger partial charge is 0.455 e. The van der Waals surface area contributed by atoms with Crippen molar-refractivity contribution in [2.24, 2.45) is 6.98 Å². The summed E-state index contributed by atoms with van der Waals surface area (Å²) in [4.78, 5) is 11.9. The Kier molecular flexibility index (Phi) is 2.20.